The number of hydrogen-bond acceptors (Lipinski definition) is 7. The second kappa shape index (κ2) is 8.98. The third-order valence-electron chi connectivity index (χ3n) is 6.36. The lowest BCUT2D eigenvalue weighted by atomic mass is 10.0. The van der Waals surface area contributed by atoms with Gasteiger partial charge < -0.3 is 30.5 Å². The highest BCUT2D eigenvalue weighted by atomic mass is 16.5. The van der Waals surface area contributed by atoms with Crippen molar-refractivity contribution >= 4 is 45.0 Å². The molecule has 0 bridgehead atoms. The van der Waals surface area contributed by atoms with Crippen LogP contribution in [-0.4, -0.2) is 70.9 Å². The summed E-state index contributed by atoms with van der Waals surface area (Å²) >= 11 is 0. The van der Waals surface area contributed by atoms with Gasteiger partial charge in [-0.2, -0.15) is 0 Å². The maximum Gasteiger partial charge on any atom is 0.295 e. The van der Waals surface area contributed by atoms with Crippen molar-refractivity contribution < 1.29 is 19.5 Å². The molecule has 1 fully saturated rings. The van der Waals surface area contributed by atoms with Crippen LogP contribution < -0.4 is 15.4 Å². The minimum Gasteiger partial charge on any atom is -0.496 e. The van der Waals surface area contributed by atoms with Crippen molar-refractivity contribution in [3.8, 4) is 5.75 Å². The SMILES string of the molecule is COc1ccc(/C(N)=N/O)c2[nH]cc(C(=O)C(=O)N3CCN(c4nccc5ccccc45)CC3)c12. The van der Waals surface area contributed by atoms with Crippen LogP contribution in [0.2, 0.25) is 0 Å². The summed E-state index contributed by atoms with van der Waals surface area (Å²) in [5.74, 6) is -0.0871. The Labute approximate surface area is 200 Å². The number of piperazine rings is 1. The van der Waals surface area contributed by atoms with Gasteiger partial charge in [0.25, 0.3) is 11.7 Å². The molecular weight excluding hydrogens is 448 g/mol. The molecule has 0 aliphatic carbocycles. The number of ketones is 1. The van der Waals surface area contributed by atoms with Crippen LogP contribution in [0.1, 0.15) is 15.9 Å². The second-order valence-corrected chi connectivity index (χ2v) is 8.22. The van der Waals surface area contributed by atoms with Gasteiger partial charge in [-0.25, -0.2) is 4.98 Å². The molecule has 0 saturated carbocycles. The van der Waals surface area contributed by atoms with E-state index in [2.05, 4.69) is 20.0 Å². The summed E-state index contributed by atoms with van der Waals surface area (Å²) in [6.07, 6.45) is 3.24. The Morgan fingerprint density at radius 2 is 1.86 bits per heavy atom. The predicted molar refractivity (Wildman–Crippen MR) is 132 cm³/mol. The molecule has 2 aromatic carbocycles. The molecule has 0 unspecified atom stereocenters. The number of nitrogens with zero attached hydrogens (tertiary/aromatic N) is 4. The number of oxime groups is 1. The molecule has 1 aliphatic rings. The fourth-order valence-corrected chi connectivity index (χ4v) is 4.57. The van der Waals surface area contributed by atoms with Crippen molar-refractivity contribution in [3.05, 3.63) is 66.0 Å². The van der Waals surface area contributed by atoms with Gasteiger partial charge in [0.15, 0.2) is 5.84 Å². The van der Waals surface area contributed by atoms with E-state index >= 15 is 0 Å². The number of nitrogens with two attached hydrogens (primary N) is 1. The van der Waals surface area contributed by atoms with Crippen molar-refractivity contribution in [1.82, 2.24) is 14.9 Å². The Morgan fingerprint density at radius 1 is 1.09 bits per heavy atom. The second-order valence-electron chi connectivity index (χ2n) is 8.22. The molecule has 10 heteroatoms. The molecule has 0 radical (unpaired) electrons. The highest BCUT2D eigenvalue weighted by molar-refractivity contribution is 6.45. The number of amides is 1. The van der Waals surface area contributed by atoms with E-state index in [0.717, 1.165) is 16.6 Å². The average molecular weight is 473 g/mol. The Morgan fingerprint density at radius 3 is 2.60 bits per heavy atom. The van der Waals surface area contributed by atoms with Gasteiger partial charge in [0, 0.05) is 49.5 Å². The fraction of sp³-hybridized carbons (Fsp3) is 0.200. The third kappa shape index (κ3) is 3.78. The summed E-state index contributed by atoms with van der Waals surface area (Å²) in [5.41, 5.74) is 6.79. The Kier molecular flexibility index (Phi) is 5.69. The van der Waals surface area contributed by atoms with E-state index in [1.807, 2.05) is 30.3 Å². The van der Waals surface area contributed by atoms with Crippen molar-refractivity contribution in [1.29, 1.82) is 0 Å². The van der Waals surface area contributed by atoms with E-state index in [1.165, 1.54) is 13.3 Å². The maximum atomic E-state index is 13.3. The number of pyridine rings is 1. The predicted octanol–water partition coefficient (Wildman–Crippen LogP) is 2.35. The van der Waals surface area contributed by atoms with E-state index in [-0.39, 0.29) is 11.4 Å². The van der Waals surface area contributed by atoms with Crippen LogP contribution in [0.5, 0.6) is 5.75 Å². The minimum atomic E-state index is -0.650. The van der Waals surface area contributed by atoms with Crippen molar-refractivity contribution in [3.63, 3.8) is 0 Å². The molecule has 1 saturated heterocycles. The van der Waals surface area contributed by atoms with Gasteiger partial charge >= 0.3 is 0 Å². The smallest absolute Gasteiger partial charge is 0.295 e. The molecule has 2 aromatic heterocycles. The number of aromatic nitrogens is 2. The maximum absolute atomic E-state index is 13.3. The number of benzene rings is 2. The zero-order valence-corrected chi connectivity index (χ0v) is 19.1. The average Bonchev–Trinajstić information content (AvgIpc) is 3.36. The summed E-state index contributed by atoms with van der Waals surface area (Å²) in [6.45, 7) is 1.91. The van der Waals surface area contributed by atoms with E-state index in [4.69, 9.17) is 15.7 Å². The molecule has 1 aliphatic heterocycles. The molecule has 4 N–H and O–H groups in total. The normalized spacial score (nSPS) is 14.5. The lowest BCUT2D eigenvalue weighted by molar-refractivity contribution is -0.126. The zero-order valence-electron chi connectivity index (χ0n) is 19.1. The van der Waals surface area contributed by atoms with Crippen molar-refractivity contribution in [2.24, 2.45) is 10.9 Å². The highest BCUT2D eigenvalue weighted by Crippen LogP contribution is 2.32. The number of nitrogens with one attached hydrogen (secondary N) is 1. The molecule has 4 aromatic rings. The van der Waals surface area contributed by atoms with Crippen LogP contribution >= 0.6 is 0 Å². The first-order valence-electron chi connectivity index (χ1n) is 11.1. The van der Waals surface area contributed by atoms with Gasteiger partial charge in [0.2, 0.25) is 0 Å². The van der Waals surface area contributed by atoms with Crippen LogP contribution in [0.15, 0.2) is 60.0 Å². The number of hydrogen-bond donors (Lipinski definition) is 3. The summed E-state index contributed by atoms with van der Waals surface area (Å²) in [7, 11) is 1.47. The fourth-order valence-electron chi connectivity index (χ4n) is 4.57. The van der Waals surface area contributed by atoms with Crippen molar-refractivity contribution in [2.75, 3.05) is 38.2 Å². The standard InChI is InChI=1S/C25H24N6O4/c1-35-19-7-6-17(23(26)29-34)21-20(19)18(14-28-21)22(32)25(33)31-12-10-30(11-13-31)24-16-5-3-2-4-15(16)8-9-27-24/h2-9,14,28,34H,10-13H2,1H3,(H2,26,29). The minimum absolute atomic E-state index is 0.122. The first-order valence-corrected chi connectivity index (χ1v) is 11.1. The van der Waals surface area contributed by atoms with Gasteiger partial charge in [-0.15, -0.1) is 0 Å². The first-order chi connectivity index (χ1) is 17.0. The molecule has 0 atom stereocenters. The number of H-pyrrole nitrogens is 1. The number of carbonyl (C=O) groups excluding carboxylic acids is 2. The van der Waals surface area contributed by atoms with Gasteiger partial charge in [-0.05, 0) is 23.6 Å². The molecule has 35 heavy (non-hydrogen) atoms. The molecule has 5 rings (SSSR count). The number of rotatable bonds is 5. The number of aromatic amines is 1. The lowest BCUT2D eigenvalue weighted by Gasteiger charge is -2.35. The lowest BCUT2D eigenvalue weighted by Crippen LogP contribution is -2.50. The summed E-state index contributed by atoms with van der Waals surface area (Å²) in [6, 6.07) is 13.2. The number of amidine groups is 1. The van der Waals surface area contributed by atoms with E-state index < -0.39 is 11.7 Å². The molecular formula is C25H24N6O4. The molecule has 0 spiro atoms. The molecule has 10 nitrogen and oxygen atoms in total. The number of Topliss-reactive ketones (excluding diaryl/α,β-unsaturated/α-hetero) is 1. The van der Waals surface area contributed by atoms with Crippen LogP contribution in [0.4, 0.5) is 5.82 Å². The van der Waals surface area contributed by atoms with Gasteiger partial charge in [-0.1, -0.05) is 29.4 Å². The number of anilines is 1. The van der Waals surface area contributed by atoms with Crippen LogP contribution in [0, 0.1) is 0 Å². The quantitative estimate of drug-likeness (QED) is 0.101. The summed E-state index contributed by atoms with van der Waals surface area (Å²) in [4.78, 5) is 37.7. The van der Waals surface area contributed by atoms with Gasteiger partial charge in [0.05, 0.1) is 23.6 Å². The van der Waals surface area contributed by atoms with E-state index in [1.54, 1.807) is 23.2 Å². The molecule has 1 amide bonds. The largest absolute Gasteiger partial charge is 0.496 e. The third-order valence-corrected chi connectivity index (χ3v) is 6.36. The number of ether oxygens (including phenoxy) is 1. The highest BCUT2D eigenvalue weighted by Gasteiger charge is 2.30. The van der Waals surface area contributed by atoms with Crippen LogP contribution in [0.25, 0.3) is 21.7 Å². The van der Waals surface area contributed by atoms with Gasteiger partial charge in [-0.3, -0.25) is 9.59 Å². The zero-order chi connectivity index (χ0) is 24.5. The topological polar surface area (TPSA) is 137 Å². The number of methoxy groups -OCH3 is 1. The molecule has 3 heterocycles. The van der Waals surface area contributed by atoms with E-state index in [9.17, 15) is 9.59 Å². The number of carbonyl (C=O) groups is 2. The summed E-state index contributed by atoms with van der Waals surface area (Å²) in [5, 5.41) is 14.7. The Balaban J connectivity index is 1.38. The molecule has 178 valence electrons. The number of fused-ring (bicyclic) bond motifs is 2. The van der Waals surface area contributed by atoms with Crippen LogP contribution in [-0.2, 0) is 4.79 Å². The van der Waals surface area contributed by atoms with Crippen molar-refractivity contribution in [2.45, 2.75) is 0 Å². The Hall–Kier alpha value is -4.60. The summed E-state index contributed by atoms with van der Waals surface area (Å²) < 4.78 is 5.41. The monoisotopic (exact) mass is 472 g/mol. The first kappa shape index (κ1) is 22.2. The van der Waals surface area contributed by atoms with Gasteiger partial charge in [0.1, 0.15) is 11.6 Å². The Bertz CT molecular complexity index is 1460. The van der Waals surface area contributed by atoms with E-state index in [0.29, 0.717) is 48.4 Å². The van der Waals surface area contributed by atoms with Crippen LogP contribution in [0.3, 0.4) is 0 Å².